The lowest BCUT2D eigenvalue weighted by Gasteiger charge is -2.27. The molecule has 2 unspecified atom stereocenters. The standard InChI is InChI=1S/C24H28OS/c1-5-24(25-22-10-6-17(2)7-11-22)23(21-12-13-26-16-21)15-20-9-8-18(3)19(4)14-20/h6-14,16,23-24H,5,15H2,1-4H3. The van der Waals surface area contributed by atoms with Gasteiger partial charge in [-0.1, -0.05) is 42.8 Å². The predicted molar refractivity (Wildman–Crippen MR) is 113 cm³/mol. The molecule has 0 fully saturated rings. The highest BCUT2D eigenvalue weighted by Gasteiger charge is 2.24. The van der Waals surface area contributed by atoms with Crippen LogP contribution < -0.4 is 4.74 Å². The normalized spacial score (nSPS) is 13.4. The number of benzene rings is 2. The minimum absolute atomic E-state index is 0.161. The molecule has 1 heterocycles. The van der Waals surface area contributed by atoms with Gasteiger partial charge < -0.3 is 4.74 Å². The fourth-order valence-corrected chi connectivity index (χ4v) is 4.10. The van der Waals surface area contributed by atoms with Gasteiger partial charge in [0.05, 0.1) is 0 Å². The fraction of sp³-hybridized carbons (Fsp3) is 0.333. The average molecular weight is 365 g/mol. The van der Waals surface area contributed by atoms with E-state index in [0.717, 1.165) is 18.6 Å². The second-order valence-electron chi connectivity index (χ2n) is 7.16. The zero-order chi connectivity index (χ0) is 18.5. The highest BCUT2D eigenvalue weighted by Crippen LogP contribution is 2.31. The van der Waals surface area contributed by atoms with Crippen molar-refractivity contribution in [3.8, 4) is 5.75 Å². The maximum atomic E-state index is 6.44. The number of aryl methyl sites for hydroxylation is 3. The van der Waals surface area contributed by atoms with Crippen LogP contribution >= 0.6 is 11.3 Å². The van der Waals surface area contributed by atoms with Gasteiger partial charge in [0.1, 0.15) is 11.9 Å². The van der Waals surface area contributed by atoms with Crippen molar-refractivity contribution >= 4 is 11.3 Å². The van der Waals surface area contributed by atoms with Crippen molar-refractivity contribution in [1.82, 2.24) is 0 Å². The molecule has 0 aliphatic carbocycles. The maximum absolute atomic E-state index is 6.44. The van der Waals surface area contributed by atoms with Crippen LogP contribution in [0.4, 0.5) is 0 Å². The summed E-state index contributed by atoms with van der Waals surface area (Å²) in [6.07, 6.45) is 2.15. The van der Waals surface area contributed by atoms with E-state index < -0.39 is 0 Å². The Morgan fingerprint density at radius 1 is 0.923 bits per heavy atom. The second-order valence-corrected chi connectivity index (χ2v) is 7.94. The third kappa shape index (κ3) is 4.56. The first kappa shape index (κ1) is 18.7. The Morgan fingerprint density at radius 3 is 2.31 bits per heavy atom. The van der Waals surface area contributed by atoms with Crippen molar-refractivity contribution in [3.63, 3.8) is 0 Å². The van der Waals surface area contributed by atoms with E-state index in [2.05, 4.69) is 87.0 Å². The lowest BCUT2D eigenvalue weighted by Crippen LogP contribution is -2.26. The van der Waals surface area contributed by atoms with Gasteiger partial charge in [0.2, 0.25) is 0 Å². The van der Waals surface area contributed by atoms with Gasteiger partial charge in [-0.3, -0.25) is 0 Å². The van der Waals surface area contributed by atoms with E-state index in [4.69, 9.17) is 4.74 Å². The van der Waals surface area contributed by atoms with Crippen molar-refractivity contribution in [2.45, 2.75) is 52.6 Å². The highest BCUT2D eigenvalue weighted by atomic mass is 32.1. The SMILES string of the molecule is CCC(Oc1ccc(C)cc1)C(Cc1ccc(C)c(C)c1)c1ccsc1. The van der Waals surface area contributed by atoms with Gasteiger partial charge in [0.25, 0.3) is 0 Å². The molecule has 2 atom stereocenters. The van der Waals surface area contributed by atoms with Crippen molar-refractivity contribution in [2.24, 2.45) is 0 Å². The molecule has 0 N–H and O–H groups in total. The van der Waals surface area contributed by atoms with E-state index in [1.807, 2.05) is 0 Å². The second kappa shape index (κ2) is 8.55. The number of hydrogen-bond donors (Lipinski definition) is 0. The summed E-state index contributed by atoms with van der Waals surface area (Å²) < 4.78 is 6.44. The lowest BCUT2D eigenvalue weighted by atomic mass is 9.87. The molecule has 0 spiro atoms. The molecule has 3 aromatic rings. The van der Waals surface area contributed by atoms with Gasteiger partial charge in [-0.05, 0) is 84.8 Å². The van der Waals surface area contributed by atoms with Crippen LogP contribution in [-0.2, 0) is 6.42 Å². The Kier molecular flexibility index (Phi) is 6.16. The van der Waals surface area contributed by atoms with Crippen LogP contribution in [-0.4, -0.2) is 6.10 Å². The number of thiophene rings is 1. The third-order valence-electron chi connectivity index (χ3n) is 5.16. The van der Waals surface area contributed by atoms with Gasteiger partial charge in [0, 0.05) is 5.92 Å². The summed E-state index contributed by atoms with van der Waals surface area (Å²) >= 11 is 1.76. The first-order valence-corrected chi connectivity index (χ1v) is 10.3. The number of rotatable bonds is 7. The smallest absolute Gasteiger partial charge is 0.119 e. The Labute approximate surface area is 161 Å². The fourth-order valence-electron chi connectivity index (χ4n) is 3.38. The minimum atomic E-state index is 0.161. The average Bonchev–Trinajstić information content (AvgIpc) is 3.17. The Bertz CT molecular complexity index is 818. The Balaban J connectivity index is 1.86. The molecule has 1 aromatic heterocycles. The summed E-state index contributed by atoms with van der Waals surface area (Å²) in [5.41, 5.74) is 6.74. The van der Waals surface area contributed by atoms with E-state index in [9.17, 15) is 0 Å². The molecule has 2 aromatic carbocycles. The molecule has 2 heteroatoms. The lowest BCUT2D eigenvalue weighted by molar-refractivity contribution is 0.164. The molecule has 136 valence electrons. The van der Waals surface area contributed by atoms with Crippen molar-refractivity contribution in [1.29, 1.82) is 0 Å². The summed E-state index contributed by atoms with van der Waals surface area (Å²) in [4.78, 5) is 0. The first-order chi connectivity index (χ1) is 12.6. The van der Waals surface area contributed by atoms with Crippen LogP contribution in [0.1, 0.15) is 47.1 Å². The minimum Gasteiger partial charge on any atom is -0.490 e. The molecule has 0 saturated carbocycles. The molecule has 0 radical (unpaired) electrons. The zero-order valence-electron chi connectivity index (χ0n) is 16.2. The summed E-state index contributed by atoms with van der Waals surface area (Å²) in [5.74, 6) is 1.32. The van der Waals surface area contributed by atoms with E-state index >= 15 is 0 Å². The van der Waals surface area contributed by atoms with Gasteiger partial charge in [0.15, 0.2) is 0 Å². The van der Waals surface area contributed by atoms with Crippen LogP contribution in [0.25, 0.3) is 0 Å². The van der Waals surface area contributed by atoms with E-state index in [0.29, 0.717) is 5.92 Å². The summed E-state index contributed by atoms with van der Waals surface area (Å²) in [7, 11) is 0. The highest BCUT2D eigenvalue weighted by molar-refractivity contribution is 7.08. The molecule has 0 amide bonds. The summed E-state index contributed by atoms with van der Waals surface area (Å²) in [5, 5.41) is 4.44. The molecule has 0 saturated heterocycles. The predicted octanol–water partition coefficient (Wildman–Crippen LogP) is 6.86. The molecule has 3 rings (SSSR count). The number of ether oxygens (including phenoxy) is 1. The van der Waals surface area contributed by atoms with Crippen LogP contribution in [0, 0.1) is 20.8 Å². The zero-order valence-corrected chi connectivity index (χ0v) is 17.0. The van der Waals surface area contributed by atoms with Crippen LogP contribution in [0.15, 0.2) is 59.3 Å². The Morgan fingerprint density at radius 2 is 1.69 bits per heavy atom. The van der Waals surface area contributed by atoms with E-state index in [1.54, 1.807) is 11.3 Å². The molecule has 0 aliphatic rings. The summed E-state index contributed by atoms with van der Waals surface area (Å²) in [6, 6.07) is 17.5. The van der Waals surface area contributed by atoms with Crippen LogP contribution in [0.3, 0.4) is 0 Å². The monoisotopic (exact) mass is 364 g/mol. The van der Waals surface area contributed by atoms with Gasteiger partial charge in [-0.25, -0.2) is 0 Å². The molecule has 0 aliphatic heterocycles. The topological polar surface area (TPSA) is 9.23 Å². The molecule has 26 heavy (non-hydrogen) atoms. The molecular weight excluding hydrogens is 336 g/mol. The molecule has 0 bridgehead atoms. The largest absolute Gasteiger partial charge is 0.490 e. The van der Waals surface area contributed by atoms with E-state index in [-0.39, 0.29) is 6.10 Å². The maximum Gasteiger partial charge on any atom is 0.119 e. The molecule has 1 nitrogen and oxygen atoms in total. The van der Waals surface area contributed by atoms with Crippen molar-refractivity contribution in [3.05, 3.63) is 87.1 Å². The van der Waals surface area contributed by atoms with Gasteiger partial charge in [-0.15, -0.1) is 0 Å². The quantitative estimate of drug-likeness (QED) is 0.445. The van der Waals surface area contributed by atoms with E-state index in [1.165, 1.54) is 27.8 Å². The first-order valence-electron chi connectivity index (χ1n) is 9.38. The van der Waals surface area contributed by atoms with Gasteiger partial charge >= 0.3 is 0 Å². The van der Waals surface area contributed by atoms with Crippen molar-refractivity contribution in [2.75, 3.05) is 0 Å². The van der Waals surface area contributed by atoms with Gasteiger partial charge in [-0.2, -0.15) is 11.3 Å². The third-order valence-corrected chi connectivity index (χ3v) is 5.86. The van der Waals surface area contributed by atoms with Crippen LogP contribution in [0.2, 0.25) is 0 Å². The number of hydrogen-bond acceptors (Lipinski definition) is 2. The Hall–Kier alpha value is -2.06. The van der Waals surface area contributed by atoms with Crippen LogP contribution in [0.5, 0.6) is 5.75 Å². The molecular formula is C24H28OS. The summed E-state index contributed by atoms with van der Waals surface area (Å²) in [6.45, 7) is 8.69. The van der Waals surface area contributed by atoms with Crippen molar-refractivity contribution < 1.29 is 4.74 Å².